The van der Waals surface area contributed by atoms with Crippen LogP contribution in [0.25, 0.3) is 11.0 Å². The first-order valence-corrected chi connectivity index (χ1v) is 12.7. The van der Waals surface area contributed by atoms with Gasteiger partial charge < -0.3 is 34.8 Å². The van der Waals surface area contributed by atoms with Gasteiger partial charge in [-0.05, 0) is 25.5 Å². The van der Waals surface area contributed by atoms with Gasteiger partial charge >= 0.3 is 7.60 Å². The summed E-state index contributed by atoms with van der Waals surface area (Å²) in [6, 6.07) is 9.75. The summed E-state index contributed by atoms with van der Waals surface area (Å²) in [7, 11) is -4.37. The normalized spacial score (nSPS) is 24.0. The molecule has 3 aromatic rings. The third-order valence-electron chi connectivity index (χ3n) is 5.57. The summed E-state index contributed by atoms with van der Waals surface area (Å²) in [4.78, 5) is 22.2. The van der Waals surface area contributed by atoms with Crippen molar-refractivity contribution in [1.82, 2.24) is 14.8 Å². The van der Waals surface area contributed by atoms with E-state index in [9.17, 15) is 14.8 Å². The molecule has 5 atom stereocenters. The van der Waals surface area contributed by atoms with E-state index in [0.29, 0.717) is 16.7 Å². The lowest BCUT2D eigenvalue weighted by Crippen LogP contribution is -2.34. The minimum absolute atomic E-state index is 0.0457. The molecule has 0 spiro atoms. The van der Waals surface area contributed by atoms with Crippen LogP contribution in [0.5, 0.6) is 0 Å². The zero-order chi connectivity index (χ0) is 24.6. The molecule has 11 nitrogen and oxygen atoms in total. The smallest absolute Gasteiger partial charge is 0.350 e. The monoisotopic (exact) mass is 512 g/mol. The molecule has 1 aliphatic heterocycles. The number of rotatable bonds is 8. The van der Waals surface area contributed by atoms with Crippen LogP contribution in [0.2, 0.25) is 5.15 Å². The summed E-state index contributed by atoms with van der Waals surface area (Å²) >= 11 is 6.28. The van der Waals surface area contributed by atoms with Crippen LogP contribution < -0.4 is 5.32 Å². The van der Waals surface area contributed by atoms with Crippen molar-refractivity contribution < 1.29 is 34.0 Å². The molecule has 2 aromatic heterocycles. The van der Waals surface area contributed by atoms with Gasteiger partial charge in [-0.25, -0.2) is 9.67 Å². The van der Waals surface area contributed by atoms with Crippen molar-refractivity contribution >= 4 is 35.9 Å². The second-order valence-electron chi connectivity index (χ2n) is 8.31. The highest BCUT2D eigenvalue weighted by Gasteiger charge is 2.45. The number of pyridine rings is 1. The number of anilines is 1. The fourth-order valence-electron chi connectivity index (χ4n) is 3.91. The first-order valence-electron chi connectivity index (χ1n) is 10.5. The summed E-state index contributed by atoms with van der Waals surface area (Å²) in [5.41, 5.74) is 3.25. The zero-order valence-electron chi connectivity index (χ0n) is 18.4. The molecular formula is C21H26ClN4O7P. The number of nitrogens with one attached hydrogen (secondary N) is 1. The van der Waals surface area contributed by atoms with E-state index in [1.807, 2.05) is 32.0 Å². The van der Waals surface area contributed by atoms with E-state index >= 15 is 0 Å². The quantitative estimate of drug-likeness (QED) is 0.224. The first-order chi connectivity index (χ1) is 16.0. The molecule has 1 fully saturated rings. The highest BCUT2D eigenvalue weighted by atomic mass is 35.5. The Kier molecular flexibility index (Phi) is 7.28. The van der Waals surface area contributed by atoms with Gasteiger partial charge in [0.05, 0.1) is 23.9 Å². The predicted molar refractivity (Wildman–Crippen MR) is 125 cm³/mol. The first kappa shape index (κ1) is 25.0. The van der Waals surface area contributed by atoms with E-state index in [2.05, 4.69) is 21.5 Å². The van der Waals surface area contributed by atoms with Gasteiger partial charge in [-0.2, -0.15) is 5.10 Å². The number of aliphatic hydroxyl groups is 2. The van der Waals surface area contributed by atoms with Gasteiger partial charge in [-0.15, -0.1) is 0 Å². The molecule has 0 bridgehead atoms. The molecule has 1 saturated heterocycles. The summed E-state index contributed by atoms with van der Waals surface area (Å²) in [5.74, 6) is 0. The Morgan fingerprint density at radius 3 is 2.76 bits per heavy atom. The Morgan fingerprint density at radius 2 is 2.06 bits per heavy atom. The molecule has 184 valence electrons. The van der Waals surface area contributed by atoms with Crippen molar-refractivity contribution in [2.75, 3.05) is 18.3 Å². The van der Waals surface area contributed by atoms with Crippen molar-refractivity contribution in [3.63, 3.8) is 0 Å². The second-order valence-corrected chi connectivity index (χ2v) is 10.3. The molecule has 4 rings (SSSR count). The van der Waals surface area contributed by atoms with Crippen molar-refractivity contribution in [2.45, 2.75) is 44.4 Å². The number of hydrogen-bond donors (Lipinski definition) is 5. The number of halogens is 1. The van der Waals surface area contributed by atoms with Gasteiger partial charge in [0.15, 0.2) is 11.9 Å². The van der Waals surface area contributed by atoms with Crippen LogP contribution >= 0.6 is 19.2 Å². The fraction of sp³-hybridized carbons (Fsp3) is 0.429. The molecule has 5 N–H and O–H groups in total. The molecule has 0 radical (unpaired) electrons. The number of aliphatic hydroxyl groups excluding tert-OH is 2. The number of ether oxygens (including phenoxy) is 2. The minimum Gasteiger partial charge on any atom is -0.387 e. The van der Waals surface area contributed by atoms with Gasteiger partial charge in [0, 0.05) is 6.04 Å². The largest absolute Gasteiger partial charge is 0.387 e. The Labute approximate surface area is 200 Å². The molecule has 0 amide bonds. The van der Waals surface area contributed by atoms with Gasteiger partial charge in [0.1, 0.15) is 29.8 Å². The molecule has 34 heavy (non-hydrogen) atoms. The van der Waals surface area contributed by atoms with E-state index in [-0.39, 0.29) is 17.8 Å². The van der Waals surface area contributed by atoms with Gasteiger partial charge in [-0.3, -0.25) is 4.57 Å². The average molecular weight is 513 g/mol. The SMILES string of the molecule is Cc1cccc([C@H](C)Nc2cc(Cl)nc3c2cnn3[C@@H]2O[C@H](COCP(=O)(O)O)[C@@H](O)[C@H]2O)c1. The minimum atomic E-state index is -4.37. The van der Waals surface area contributed by atoms with E-state index in [0.717, 1.165) is 11.1 Å². The molecule has 1 aromatic carbocycles. The van der Waals surface area contributed by atoms with E-state index in [4.69, 9.17) is 30.9 Å². The van der Waals surface area contributed by atoms with Crippen molar-refractivity contribution in [1.29, 1.82) is 0 Å². The number of nitrogens with zero attached hydrogens (tertiary/aromatic N) is 3. The van der Waals surface area contributed by atoms with Crippen LogP contribution in [-0.2, 0) is 14.0 Å². The Bertz CT molecular complexity index is 1220. The van der Waals surface area contributed by atoms with Crippen LogP contribution in [-0.4, -0.2) is 66.0 Å². The summed E-state index contributed by atoms with van der Waals surface area (Å²) in [6.07, 6.45) is -4.14. The van der Waals surface area contributed by atoms with Crippen molar-refractivity contribution in [2.24, 2.45) is 0 Å². The molecule has 0 unspecified atom stereocenters. The Balaban J connectivity index is 1.57. The average Bonchev–Trinajstić information content (AvgIpc) is 3.29. The number of hydrogen-bond acceptors (Lipinski definition) is 8. The topological polar surface area (TPSA) is 159 Å². The number of benzene rings is 1. The van der Waals surface area contributed by atoms with Crippen LogP contribution in [0.3, 0.4) is 0 Å². The zero-order valence-corrected chi connectivity index (χ0v) is 20.1. The third-order valence-corrected chi connectivity index (χ3v) is 6.28. The fourth-order valence-corrected chi connectivity index (χ4v) is 4.44. The standard InChI is InChI=1S/C21H26ClN4O7P/c1-11-4-3-5-13(6-11)12(2)24-15-7-17(22)25-20-14(15)8-23-26(20)21-19(28)18(27)16(33-21)9-32-10-34(29,30)31/h3-8,12,16,18-19,21,27-28H,9-10H2,1-2H3,(H,24,25)(H2,29,30,31)/t12-,16+,18+,19+,21+/m0/s1. The lowest BCUT2D eigenvalue weighted by Gasteiger charge is -2.18. The highest BCUT2D eigenvalue weighted by molar-refractivity contribution is 7.51. The summed E-state index contributed by atoms with van der Waals surface area (Å²) in [6.45, 7) is 3.71. The van der Waals surface area contributed by atoms with Gasteiger partial charge in [0.25, 0.3) is 0 Å². The van der Waals surface area contributed by atoms with E-state index in [1.54, 1.807) is 12.3 Å². The summed E-state index contributed by atoms with van der Waals surface area (Å²) in [5, 5.41) is 29.5. The summed E-state index contributed by atoms with van der Waals surface area (Å²) < 4.78 is 23.0. The van der Waals surface area contributed by atoms with Crippen LogP contribution in [0.4, 0.5) is 5.69 Å². The lowest BCUT2D eigenvalue weighted by molar-refractivity contribution is -0.0658. The van der Waals surface area contributed by atoms with Crippen molar-refractivity contribution in [3.05, 3.63) is 52.8 Å². The molecule has 0 aliphatic carbocycles. The van der Waals surface area contributed by atoms with Gasteiger partial charge in [0.2, 0.25) is 0 Å². The van der Waals surface area contributed by atoms with E-state index < -0.39 is 38.5 Å². The highest BCUT2D eigenvalue weighted by Crippen LogP contribution is 2.37. The van der Waals surface area contributed by atoms with Crippen LogP contribution in [0, 0.1) is 6.92 Å². The predicted octanol–water partition coefficient (Wildman–Crippen LogP) is 2.34. The lowest BCUT2D eigenvalue weighted by atomic mass is 10.1. The Morgan fingerprint density at radius 1 is 1.29 bits per heavy atom. The third kappa shape index (κ3) is 5.42. The molecule has 13 heteroatoms. The maximum absolute atomic E-state index is 11.0. The second kappa shape index (κ2) is 9.88. The van der Waals surface area contributed by atoms with Crippen LogP contribution in [0.15, 0.2) is 36.5 Å². The molecule has 1 aliphatic rings. The maximum Gasteiger partial charge on any atom is 0.350 e. The van der Waals surface area contributed by atoms with Crippen LogP contribution in [0.1, 0.15) is 30.3 Å². The van der Waals surface area contributed by atoms with Gasteiger partial charge in [-0.1, -0.05) is 41.4 Å². The van der Waals surface area contributed by atoms with E-state index in [1.165, 1.54) is 4.68 Å². The number of aryl methyl sites for hydroxylation is 1. The molecular weight excluding hydrogens is 487 g/mol. The molecule has 3 heterocycles. The molecule has 0 saturated carbocycles. The maximum atomic E-state index is 11.0. The number of aromatic nitrogens is 3. The Hall–Kier alpha value is -2.08. The van der Waals surface area contributed by atoms with Crippen molar-refractivity contribution in [3.8, 4) is 0 Å². The number of fused-ring (bicyclic) bond motifs is 1.